The van der Waals surface area contributed by atoms with Crippen molar-refractivity contribution in [1.82, 2.24) is 10.3 Å². The van der Waals surface area contributed by atoms with Gasteiger partial charge in [0.05, 0.1) is 10.7 Å². The number of hydrogen-bond acceptors (Lipinski definition) is 4. The van der Waals surface area contributed by atoms with Gasteiger partial charge < -0.3 is 5.32 Å². The highest BCUT2D eigenvalue weighted by Gasteiger charge is 2.13. The fourth-order valence-corrected chi connectivity index (χ4v) is 1.93. The van der Waals surface area contributed by atoms with Crippen LogP contribution in [0.1, 0.15) is 24.5 Å². The van der Waals surface area contributed by atoms with Gasteiger partial charge in [0.2, 0.25) is 0 Å². The molecule has 0 aliphatic heterocycles. The van der Waals surface area contributed by atoms with Crippen LogP contribution in [0, 0.1) is 12.8 Å². The third-order valence-corrected chi connectivity index (χ3v) is 3.09. The molecule has 1 aromatic heterocycles. The monoisotopic (exact) mass is 226 g/mol. The van der Waals surface area contributed by atoms with Crippen LogP contribution in [-0.4, -0.2) is 23.9 Å². The first-order chi connectivity index (χ1) is 7.13. The number of aromatic nitrogens is 1. The van der Waals surface area contributed by atoms with Gasteiger partial charge in [-0.2, -0.15) is 0 Å². The molecule has 0 spiro atoms. The van der Waals surface area contributed by atoms with Crippen molar-refractivity contribution >= 4 is 17.1 Å². The molecule has 0 saturated carbocycles. The number of rotatable bonds is 6. The number of ketones is 1. The van der Waals surface area contributed by atoms with E-state index < -0.39 is 0 Å². The van der Waals surface area contributed by atoms with Gasteiger partial charge in [-0.25, -0.2) is 4.98 Å². The maximum atomic E-state index is 11.8. The third kappa shape index (κ3) is 4.10. The number of nitrogens with one attached hydrogen (secondary N) is 1. The smallest absolute Gasteiger partial charge is 0.142 e. The Labute approximate surface area is 94.9 Å². The number of Topliss-reactive ketones (excluding diaryl/α,β-unsaturated/α-hetero) is 1. The minimum absolute atomic E-state index is 0.0759. The van der Waals surface area contributed by atoms with Crippen molar-refractivity contribution in [3.63, 3.8) is 0 Å². The molecular formula is C11H18N2OS. The van der Waals surface area contributed by atoms with E-state index in [1.807, 2.05) is 26.2 Å². The van der Waals surface area contributed by atoms with Gasteiger partial charge in [-0.15, -0.1) is 11.3 Å². The molecule has 15 heavy (non-hydrogen) atoms. The number of carbonyl (C=O) groups excluding carboxylic acids is 1. The van der Waals surface area contributed by atoms with Gasteiger partial charge >= 0.3 is 0 Å². The van der Waals surface area contributed by atoms with Crippen molar-refractivity contribution < 1.29 is 4.79 Å². The second kappa shape index (κ2) is 5.98. The van der Waals surface area contributed by atoms with Crippen molar-refractivity contribution in [1.29, 1.82) is 0 Å². The molecule has 0 aliphatic carbocycles. The van der Waals surface area contributed by atoms with Crippen molar-refractivity contribution in [2.24, 2.45) is 5.92 Å². The van der Waals surface area contributed by atoms with Crippen LogP contribution in [0.4, 0.5) is 0 Å². The van der Waals surface area contributed by atoms with Gasteiger partial charge in [0.1, 0.15) is 5.78 Å². The molecule has 3 nitrogen and oxygen atoms in total. The zero-order chi connectivity index (χ0) is 11.3. The predicted molar refractivity (Wildman–Crippen MR) is 63.3 cm³/mol. The van der Waals surface area contributed by atoms with E-state index in [9.17, 15) is 4.79 Å². The lowest BCUT2D eigenvalue weighted by Gasteiger charge is -2.09. The molecule has 4 heteroatoms. The van der Waals surface area contributed by atoms with Crippen LogP contribution in [0.3, 0.4) is 0 Å². The van der Waals surface area contributed by atoms with E-state index >= 15 is 0 Å². The van der Waals surface area contributed by atoms with Crippen LogP contribution in [0.2, 0.25) is 0 Å². The number of hydrogen-bond donors (Lipinski definition) is 1. The summed E-state index contributed by atoms with van der Waals surface area (Å²) in [6.07, 6.45) is 0.469. The Bertz CT molecular complexity index is 322. The van der Waals surface area contributed by atoms with Crippen molar-refractivity contribution in [2.75, 3.05) is 13.1 Å². The zero-order valence-electron chi connectivity index (χ0n) is 9.54. The molecule has 1 atom stereocenters. The molecule has 1 rings (SSSR count). The van der Waals surface area contributed by atoms with E-state index in [1.54, 1.807) is 11.3 Å². The molecule has 1 heterocycles. The number of nitrogens with zero attached hydrogens (tertiary/aromatic N) is 1. The Morgan fingerprint density at radius 1 is 1.67 bits per heavy atom. The lowest BCUT2D eigenvalue weighted by molar-refractivity contribution is -0.121. The molecule has 84 valence electrons. The summed E-state index contributed by atoms with van der Waals surface area (Å²) in [7, 11) is 0. The summed E-state index contributed by atoms with van der Waals surface area (Å²) >= 11 is 1.60. The summed E-state index contributed by atoms with van der Waals surface area (Å²) in [4.78, 5) is 16.0. The Morgan fingerprint density at radius 3 is 2.93 bits per heavy atom. The van der Waals surface area contributed by atoms with Gasteiger partial charge in [-0.3, -0.25) is 4.79 Å². The van der Waals surface area contributed by atoms with Crippen molar-refractivity contribution in [3.8, 4) is 0 Å². The van der Waals surface area contributed by atoms with E-state index in [0.29, 0.717) is 6.42 Å². The van der Waals surface area contributed by atoms with Crippen LogP contribution in [-0.2, 0) is 11.2 Å². The van der Waals surface area contributed by atoms with Gasteiger partial charge in [0.15, 0.2) is 0 Å². The number of aryl methyl sites for hydroxylation is 1. The van der Waals surface area contributed by atoms with E-state index in [1.165, 1.54) is 0 Å². The van der Waals surface area contributed by atoms with Crippen LogP contribution in [0.15, 0.2) is 5.38 Å². The molecule has 0 amide bonds. The Hall–Kier alpha value is -0.740. The highest BCUT2D eigenvalue weighted by Crippen LogP contribution is 2.10. The van der Waals surface area contributed by atoms with Crippen LogP contribution >= 0.6 is 11.3 Å². The van der Waals surface area contributed by atoms with E-state index in [2.05, 4.69) is 10.3 Å². The minimum Gasteiger partial charge on any atom is -0.316 e. The average molecular weight is 226 g/mol. The third-order valence-electron chi connectivity index (χ3n) is 2.27. The molecular weight excluding hydrogens is 208 g/mol. The fraction of sp³-hybridized carbons (Fsp3) is 0.636. The normalized spacial score (nSPS) is 12.7. The summed E-state index contributed by atoms with van der Waals surface area (Å²) in [5.41, 5.74) is 0.908. The van der Waals surface area contributed by atoms with Crippen molar-refractivity contribution in [3.05, 3.63) is 16.1 Å². The van der Waals surface area contributed by atoms with Crippen molar-refractivity contribution in [2.45, 2.75) is 27.2 Å². The van der Waals surface area contributed by atoms with Gasteiger partial charge in [-0.05, 0) is 13.5 Å². The molecule has 1 unspecified atom stereocenters. The van der Waals surface area contributed by atoms with Crippen LogP contribution < -0.4 is 5.32 Å². The second-order valence-corrected chi connectivity index (χ2v) is 4.77. The highest BCUT2D eigenvalue weighted by atomic mass is 32.1. The molecule has 1 aromatic rings. The van der Waals surface area contributed by atoms with E-state index in [0.717, 1.165) is 23.8 Å². The first kappa shape index (κ1) is 12.3. The molecule has 1 N–H and O–H groups in total. The topological polar surface area (TPSA) is 42.0 Å². The number of carbonyl (C=O) groups is 1. The Morgan fingerprint density at radius 2 is 2.40 bits per heavy atom. The first-order valence-corrected chi connectivity index (χ1v) is 6.16. The minimum atomic E-state index is 0.0759. The molecule has 0 aromatic carbocycles. The quantitative estimate of drug-likeness (QED) is 0.804. The summed E-state index contributed by atoms with van der Waals surface area (Å²) in [6.45, 7) is 7.64. The predicted octanol–water partition coefficient (Wildman–Crippen LogP) is 1.81. The molecule has 0 saturated heterocycles. The van der Waals surface area contributed by atoms with E-state index in [-0.39, 0.29) is 11.7 Å². The number of thiazole rings is 1. The zero-order valence-corrected chi connectivity index (χ0v) is 10.4. The lowest BCUT2D eigenvalue weighted by atomic mass is 10.0. The fourth-order valence-electron chi connectivity index (χ4n) is 1.32. The van der Waals surface area contributed by atoms with Crippen LogP contribution in [0.5, 0.6) is 0 Å². The lowest BCUT2D eigenvalue weighted by Crippen LogP contribution is -2.27. The summed E-state index contributed by atoms with van der Waals surface area (Å²) in [6, 6.07) is 0. The maximum Gasteiger partial charge on any atom is 0.142 e. The summed E-state index contributed by atoms with van der Waals surface area (Å²) in [5.74, 6) is 0.341. The standard InChI is InChI=1S/C11H18N2OS/c1-4-12-6-8(2)11(14)5-10-7-15-9(3)13-10/h7-8,12H,4-6H2,1-3H3. The Balaban J connectivity index is 2.41. The average Bonchev–Trinajstić information content (AvgIpc) is 2.60. The summed E-state index contributed by atoms with van der Waals surface area (Å²) in [5, 5.41) is 6.17. The molecule has 0 bridgehead atoms. The van der Waals surface area contributed by atoms with E-state index in [4.69, 9.17) is 0 Å². The molecule has 0 fully saturated rings. The maximum absolute atomic E-state index is 11.8. The Kier molecular flexibility index (Phi) is 4.91. The van der Waals surface area contributed by atoms with Gasteiger partial charge in [0.25, 0.3) is 0 Å². The largest absolute Gasteiger partial charge is 0.316 e. The first-order valence-electron chi connectivity index (χ1n) is 5.28. The summed E-state index contributed by atoms with van der Waals surface area (Å²) < 4.78 is 0. The van der Waals surface area contributed by atoms with Crippen LogP contribution in [0.25, 0.3) is 0 Å². The SMILES string of the molecule is CCNCC(C)C(=O)Cc1csc(C)n1. The molecule has 0 aliphatic rings. The highest BCUT2D eigenvalue weighted by molar-refractivity contribution is 7.09. The molecule has 0 radical (unpaired) electrons. The second-order valence-electron chi connectivity index (χ2n) is 3.71. The van der Waals surface area contributed by atoms with Gasteiger partial charge in [-0.1, -0.05) is 13.8 Å². The van der Waals surface area contributed by atoms with Gasteiger partial charge in [0, 0.05) is 24.3 Å².